The highest BCUT2D eigenvalue weighted by molar-refractivity contribution is 6.31. The summed E-state index contributed by atoms with van der Waals surface area (Å²) in [6, 6.07) is 22.4. The molecule has 0 amide bonds. The van der Waals surface area contributed by atoms with Crippen molar-refractivity contribution < 1.29 is 14.6 Å². The van der Waals surface area contributed by atoms with E-state index in [9.17, 15) is 9.90 Å². The molecule has 4 rings (SSSR count). The molecule has 1 N–H and O–H groups in total. The zero-order valence-electron chi connectivity index (χ0n) is 17.6. The van der Waals surface area contributed by atoms with Crippen molar-refractivity contribution in [1.29, 1.82) is 0 Å². The van der Waals surface area contributed by atoms with Crippen LogP contribution in [-0.4, -0.2) is 15.6 Å². The van der Waals surface area contributed by atoms with Crippen molar-refractivity contribution in [3.05, 3.63) is 105 Å². The van der Waals surface area contributed by atoms with Crippen LogP contribution in [0.15, 0.2) is 72.8 Å². The third-order valence-corrected chi connectivity index (χ3v) is 5.80. The Kier molecular flexibility index (Phi) is 6.26. The lowest BCUT2D eigenvalue weighted by Gasteiger charge is -2.17. The number of aryl methyl sites for hydroxylation is 2. The van der Waals surface area contributed by atoms with Gasteiger partial charge in [0, 0.05) is 27.0 Å². The Labute approximate surface area is 196 Å². The maximum absolute atomic E-state index is 11.7. The number of carboxylic acid groups (broad SMARTS) is 1. The lowest BCUT2D eigenvalue weighted by atomic mass is 10.1. The summed E-state index contributed by atoms with van der Waals surface area (Å²) in [5.41, 5.74) is 5.37. The van der Waals surface area contributed by atoms with Gasteiger partial charge < -0.3 is 14.4 Å². The molecule has 0 atom stereocenters. The van der Waals surface area contributed by atoms with Gasteiger partial charge in [-0.2, -0.15) is 0 Å². The average molecular weight is 466 g/mol. The van der Waals surface area contributed by atoms with Crippen molar-refractivity contribution in [3.8, 4) is 22.7 Å². The summed E-state index contributed by atoms with van der Waals surface area (Å²) in [6.45, 7) is 4.14. The van der Waals surface area contributed by atoms with Gasteiger partial charge in [0.05, 0.1) is 11.3 Å². The Bertz CT molecular complexity index is 1290. The van der Waals surface area contributed by atoms with Gasteiger partial charge in [0.1, 0.15) is 12.4 Å². The second-order valence-corrected chi connectivity index (χ2v) is 8.43. The van der Waals surface area contributed by atoms with Crippen molar-refractivity contribution in [2.24, 2.45) is 0 Å². The lowest BCUT2D eigenvalue weighted by molar-refractivity contribution is 0.0696. The lowest BCUT2D eigenvalue weighted by Crippen LogP contribution is -2.05. The first-order valence-corrected chi connectivity index (χ1v) is 10.8. The van der Waals surface area contributed by atoms with E-state index in [4.69, 9.17) is 27.9 Å². The van der Waals surface area contributed by atoms with Gasteiger partial charge in [0.2, 0.25) is 0 Å². The molecule has 0 saturated heterocycles. The minimum absolute atomic E-state index is 0.270. The third kappa shape index (κ3) is 4.52. The highest BCUT2D eigenvalue weighted by Gasteiger charge is 2.17. The molecule has 0 radical (unpaired) electrons. The number of hydrogen-bond donors (Lipinski definition) is 1. The predicted octanol–water partition coefficient (Wildman–Crippen LogP) is 7.35. The number of aromatic nitrogens is 1. The topological polar surface area (TPSA) is 51.5 Å². The van der Waals surface area contributed by atoms with Crippen LogP contribution >= 0.6 is 23.2 Å². The SMILES string of the molecule is Cc1ccc(-n2c(C)ccc2-c2cc(Cl)ccc2OCc2ccc(Cl)cc2)cc1C(=O)O. The molecule has 0 unspecified atom stereocenters. The summed E-state index contributed by atoms with van der Waals surface area (Å²) in [4.78, 5) is 11.7. The molecule has 0 spiro atoms. The highest BCUT2D eigenvalue weighted by atomic mass is 35.5. The van der Waals surface area contributed by atoms with Gasteiger partial charge in [0.25, 0.3) is 0 Å². The van der Waals surface area contributed by atoms with E-state index in [0.717, 1.165) is 28.2 Å². The molecule has 0 aliphatic heterocycles. The molecule has 0 bridgehead atoms. The van der Waals surface area contributed by atoms with E-state index >= 15 is 0 Å². The van der Waals surface area contributed by atoms with Crippen LogP contribution in [-0.2, 0) is 6.61 Å². The molecule has 0 saturated carbocycles. The number of rotatable bonds is 6. The first-order valence-electron chi connectivity index (χ1n) is 10.0. The van der Waals surface area contributed by atoms with E-state index in [1.807, 2.05) is 72.2 Å². The number of carboxylic acids is 1. The Morgan fingerprint density at radius 3 is 2.34 bits per heavy atom. The summed E-state index contributed by atoms with van der Waals surface area (Å²) in [6.07, 6.45) is 0. The van der Waals surface area contributed by atoms with Gasteiger partial charge in [0.15, 0.2) is 0 Å². The Morgan fingerprint density at radius 2 is 1.62 bits per heavy atom. The fourth-order valence-corrected chi connectivity index (χ4v) is 3.94. The molecule has 1 heterocycles. The minimum Gasteiger partial charge on any atom is -0.488 e. The fourth-order valence-electron chi connectivity index (χ4n) is 3.64. The quantitative estimate of drug-likeness (QED) is 0.323. The largest absolute Gasteiger partial charge is 0.488 e. The van der Waals surface area contributed by atoms with Crippen LogP contribution in [0, 0.1) is 13.8 Å². The molecule has 3 aromatic carbocycles. The number of nitrogens with zero attached hydrogens (tertiary/aromatic N) is 1. The molecule has 0 aliphatic rings. The maximum atomic E-state index is 11.7. The normalized spacial score (nSPS) is 10.9. The molecule has 32 heavy (non-hydrogen) atoms. The Balaban J connectivity index is 1.77. The highest BCUT2D eigenvalue weighted by Crippen LogP contribution is 2.36. The van der Waals surface area contributed by atoms with Crippen LogP contribution in [0.25, 0.3) is 16.9 Å². The molecule has 0 fully saturated rings. The van der Waals surface area contributed by atoms with Gasteiger partial charge in [-0.05, 0) is 79.6 Å². The Morgan fingerprint density at radius 1 is 0.906 bits per heavy atom. The third-order valence-electron chi connectivity index (χ3n) is 5.31. The van der Waals surface area contributed by atoms with Crippen LogP contribution in [0.5, 0.6) is 5.75 Å². The molecular formula is C26H21Cl2NO3. The maximum Gasteiger partial charge on any atom is 0.336 e. The molecule has 1 aromatic heterocycles. The summed E-state index contributed by atoms with van der Waals surface area (Å²) < 4.78 is 8.15. The Hall–Kier alpha value is -3.21. The monoisotopic (exact) mass is 465 g/mol. The number of hydrogen-bond acceptors (Lipinski definition) is 2. The number of benzene rings is 3. The predicted molar refractivity (Wildman–Crippen MR) is 128 cm³/mol. The van der Waals surface area contributed by atoms with Crippen LogP contribution in [0.2, 0.25) is 10.0 Å². The first-order chi connectivity index (χ1) is 15.3. The minimum atomic E-state index is -0.953. The van der Waals surface area contributed by atoms with E-state index in [-0.39, 0.29) is 5.56 Å². The summed E-state index contributed by atoms with van der Waals surface area (Å²) in [5, 5.41) is 10.8. The molecule has 0 aliphatic carbocycles. The van der Waals surface area contributed by atoms with Gasteiger partial charge >= 0.3 is 5.97 Å². The second kappa shape index (κ2) is 9.11. The molecule has 162 valence electrons. The summed E-state index contributed by atoms with van der Waals surface area (Å²) >= 11 is 12.3. The molecule has 6 heteroatoms. The fraction of sp³-hybridized carbons (Fsp3) is 0.115. The smallest absolute Gasteiger partial charge is 0.336 e. The zero-order chi connectivity index (χ0) is 22.8. The van der Waals surface area contributed by atoms with E-state index in [2.05, 4.69) is 0 Å². The van der Waals surface area contributed by atoms with Gasteiger partial charge in [-0.15, -0.1) is 0 Å². The van der Waals surface area contributed by atoms with E-state index in [0.29, 0.717) is 28.0 Å². The number of halogens is 2. The number of ether oxygens (including phenoxy) is 1. The van der Waals surface area contributed by atoms with Crippen molar-refractivity contribution >= 4 is 29.2 Å². The van der Waals surface area contributed by atoms with Gasteiger partial charge in [-0.25, -0.2) is 4.79 Å². The van der Waals surface area contributed by atoms with Crippen LogP contribution < -0.4 is 4.74 Å². The zero-order valence-corrected chi connectivity index (χ0v) is 19.1. The van der Waals surface area contributed by atoms with Crippen LogP contribution in [0.3, 0.4) is 0 Å². The van der Waals surface area contributed by atoms with Gasteiger partial charge in [-0.1, -0.05) is 41.4 Å². The van der Waals surface area contributed by atoms with Gasteiger partial charge in [-0.3, -0.25) is 0 Å². The van der Waals surface area contributed by atoms with E-state index in [1.54, 1.807) is 19.1 Å². The average Bonchev–Trinajstić information content (AvgIpc) is 3.15. The second-order valence-electron chi connectivity index (χ2n) is 7.56. The molecule has 4 nitrogen and oxygen atoms in total. The molecule has 4 aromatic rings. The standard InChI is InChI=1S/C26H21Cl2NO3/c1-16-3-10-21(14-22(16)26(30)31)29-17(2)4-11-24(29)23-13-20(28)9-12-25(23)32-15-18-5-7-19(27)8-6-18/h3-14H,15H2,1-2H3,(H,30,31). The first kappa shape index (κ1) is 22.0. The molecular weight excluding hydrogens is 445 g/mol. The van der Waals surface area contributed by atoms with Crippen LogP contribution in [0.4, 0.5) is 0 Å². The summed E-state index contributed by atoms with van der Waals surface area (Å²) in [7, 11) is 0. The van der Waals surface area contributed by atoms with Crippen molar-refractivity contribution in [2.45, 2.75) is 20.5 Å². The van der Waals surface area contributed by atoms with Crippen molar-refractivity contribution in [2.75, 3.05) is 0 Å². The van der Waals surface area contributed by atoms with Crippen molar-refractivity contribution in [3.63, 3.8) is 0 Å². The number of carbonyl (C=O) groups is 1. The van der Waals surface area contributed by atoms with E-state index < -0.39 is 5.97 Å². The van der Waals surface area contributed by atoms with E-state index in [1.165, 1.54) is 0 Å². The van der Waals surface area contributed by atoms with Crippen LogP contribution in [0.1, 0.15) is 27.2 Å². The number of aromatic carboxylic acids is 1. The summed E-state index contributed by atoms with van der Waals surface area (Å²) in [5.74, 6) is -0.278. The van der Waals surface area contributed by atoms with Crippen molar-refractivity contribution in [1.82, 2.24) is 4.57 Å².